The van der Waals surface area contributed by atoms with E-state index in [1.807, 2.05) is 6.07 Å². The van der Waals surface area contributed by atoms with Gasteiger partial charge < -0.3 is 10.1 Å². The lowest BCUT2D eigenvalue weighted by Gasteiger charge is -2.09. The maximum absolute atomic E-state index is 12.3. The lowest BCUT2D eigenvalue weighted by atomic mass is 10.1. The topological polar surface area (TPSA) is 62.1 Å². The second kappa shape index (κ2) is 8.07. The molecule has 2 aromatic carbocycles. The molecule has 1 amide bonds. The molecular formula is C17H11Cl3N2O2. The minimum absolute atomic E-state index is 0.133. The van der Waals surface area contributed by atoms with Crippen molar-refractivity contribution < 1.29 is 9.53 Å². The van der Waals surface area contributed by atoms with Gasteiger partial charge in [0.2, 0.25) is 0 Å². The molecule has 4 nitrogen and oxygen atoms in total. The molecule has 0 aromatic heterocycles. The van der Waals surface area contributed by atoms with Crippen LogP contribution in [-0.4, -0.2) is 13.0 Å². The van der Waals surface area contributed by atoms with Crippen LogP contribution in [0.1, 0.15) is 5.56 Å². The number of halogens is 3. The number of anilines is 1. The molecule has 0 saturated heterocycles. The fraction of sp³-hybridized carbons (Fsp3) is 0.0588. The van der Waals surface area contributed by atoms with Crippen LogP contribution in [0.3, 0.4) is 0 Å². The van der Waals surface area contributed by atoms with Crippen LogP contribution in [0.2, 0.25) is 15.1 Å². The summed E-state index contributed by atoms with van der Waals surface area (Å²) in [4.78, 5) is 12.3. The number of carbonyl (C=O) groups excluding carboxylic acids is 1. The van der Waals surface area contributed by atoms with E-state index >= 15 is 0 Å². The lowest BCUT2D eigenvalue weighted by molar-refractivity contribution is -0.112. The fourth-order valence-electron chi connectivity index (χ4n) is 1.97. The molecule has 0 saturated carbocycles. The van der Waals surface area contributed by atoms with Crippen molar-refractivity contribution in [3.05, 3.63) is 62.6 Å². The predicted octanol–water partition coefficient (Wildman–Crippen LogP) is 5.20. The van der Waals surface area contributed by atoms with E-state index in [0.717, 1.165) is 0 Å². The highest BCUT2D eigenvalue weighted by Crippen LogP contribution is 2.33. The molecule has 0 heterocycles. The van der Waals surface area contributed by atoms with Crippen LogP contribution in [0, 0.1) is 11.3 Å². The van der Waals surface area contributed by atoms with E-state index in [1.54, 1.807) is 30.3 Å². The first-order valence-corrected chi connectivity index (χ1v) is 7.79. The molecular weight excluding hydrogens is 371 g/mol. The molecule has 0 unspecified atom stereocenters. The van der Waals surface area contributed by atoms with Crippen LogP contribution in [-0.2, 0) is 4.79 Å². The van der Waals surface area contributed by atoms with Crippen LogP contribution in [0.4, 0.5) is 5.69 Å². The number of hydrogen-bond donors (Lipinski definition) is 1. The predicted molar refractivity (Wildman–Crippen MR) is 96.7 cm³/mol. The Labute approximate surface area is 154 Å². The highest BCUT2D eigenvalue weighted by Gasteiger charge is 2.14. The van der Waals surface area contributed by atoms with Gasteiger partial charge in [-0.3, -0.25) is 4.79 Å². The standard InChI is InChI=1S/C17H11Cl3N2O2/c1-24-16-10(6-13(19)8-15(16)20)5-11(9-21)17(23)22-14-4-2-3-12(18)7-14/h2-8H,1H3,(H,22,23)/b11-5+. The number of carbonyl (C=O) groups is 1. The molecule has 7 heteroatoms. The van der Waals surface area contributed by atoms with Gasteiger partial charge in [-0.2, -0.15) is 5.26 Å². The maximum Gasteiger partial charge on any atom is 0.266 e. The van der Waals surface area contributed by atoms with E-state index in [4.69, 9.17) is 39.5 Å². The third kappa shape index (κ3) is 4.42. The highest BCUT2D eigenvalue weighted by molar-refractivity contribution is 6.36. The number of amides is 1. The van der Waals surface area contributed by atoms with Gasteiger partial charge in [0.1, 0.15) is 17.4 Å². The van der Waals surface area contributed by atoms with E-state index in [1.165, 1.54) is 19.3 Å². The van der Waals surface area contributed by atoms with Gasteiger partial charge in [0.25, 0.3) is 5.91 Å². The van der Waals surface area contributed by atoms with Crippen molar-refractivity contribution in [2.75, 3.05) is 12.4 Å². The average molecular weight is 382 g/mol. The second-order valence-corrected chi connectivity index (χ2v) is 5.92. The summed E-state index contributed by atoms with van der Waals surface area (Å²) in [6, 6.07) is 11.5. The van der Waals surface area contributed by atoms with Crippen molar-refractivity contribution >= 4 is 52.5 Å². The molecule has 0 aliphatic heterocycles. The zero-order valence-corrected chi connectivity index (χ0v) is 14.7. The van der Waals surface area contributed by atoms with Gasteiger partial charge in [-0.1, -0.05) is 40.9 Å². The summed E-state index contributed by atoms with van der Waals surface area (Å²) >= 11 is 17.9. The molecule has 0 aliphatic rings. The lowest BCUT2D eigenvalue weighted by Crippen LogP contribution is -2.13. The SMILES string of the molecule is COc1c(Cl)cc(Cl)cc1/C=C(\C#N)C(=O)Nc1cccc(Cl)c1. The van der Waals surface area contributed by atoms with Gasteiger partial charge in [0, 0.05) is 21.3 Å². The second-order valence-electron chi connectivity index (χ2n) is 4.64. The number of ether oxygens (including phenoxy) is 1. The normalized spacial score (nSPS) is 10.9. The van der Waals surface area contributed by atoms with Crippen LogP contribution in [0.5, 0.6) is 5.75 Å². The Balaban J connectivity index is 2.36. The minimum Gasteiger partial charge on any atom is -0.495 e. The molecule has 122 valence electrons. The van der Waals surface area contributed by atoms with Crippen LogP contribution >= 0.6 is 34.8 Å². The monoisotopic (exact) mass is 380 g/mol. The molecule has 1 N–H and O–H groups in total. The highest BCUT2D eigenvalue weighted by atomic mass is 35.5. The van der Waals surface area contributed by atoms with E-state index < -0.39 is 5.91 Å². The number of rotatable bonds is 4. The largest absolute Gasteiger partial charge is 0.495 e. The maximum atomic E-state index is 12.3. The summed E-state index contributed by atoms with van der Waals surface area (Å²) in [6.45, 7) is 0. The van der Waals surface area contributed by atoms with Crippen molar-refractivity contribution in [3.8, 4) is 11.8 Å². The van der Waals surface area contributed by atoms with Crippen LogP contribution < -0.4 is 10.1 Å². The first-order chi connectivity index (χ1) is 11.4. The van der Waals surface area contributed by atoms with Gasteiger partial charge in [0.15, 0.2) is 0 Å². The Morgan fingerprint density at radius 3 is 2.58 bits per heavy atom. The number of nitriles is 1. The third-order valence-corrected chi connectivity index (χ3v) is 3.72. The first-order valence-electron chi connectivity index (χ1n) is 6.66. The van der Waals surface area contributed by atoms with Crippen molar-refractivity contribution in [3.63, 3.8) is 0 Å². The van der Waals surface area contributed by atoms with Crippen molar-refractivity contribution in [1.29, 1.82) is 5.26 Å². The summed E-state index contributed by atoms with van der Waals surface area (Å²) in [5, 5.41) is 13.0. The molecule has 0 atom stereocenters. The molecule has 0 bridgehead atoms. The number of nitrogens with one attached hydrogen (secondary N) is 1. The van der Waals surface area contributed by atoms with E-state index in [-0.39, 0.29) is 10.6 Å². The Morgan fingerprint density at radius 2 is 1.96 bits per heavy atom. The van der Waals surface area contributed by atoms with Gasteiger partial charge in [-0.15, -0.1) is 0 Å². The Kier molecular flexibility index (Phi) is 6.10. The van der Waals surface area contributed by atoms with Crippen molar-refractivity contribution in [1.82, 2.24) is 0 Å². The average Bonchev–Trinajstić information content (AvgIpc) is 2.52. The van der Waals surface area contributed by atoms with E-state index in [9.17, 15) is 10.1 Å². The number of methoxy groups -OCH3 is 1. The quantitative estimate of drug-likeness (QED) is 0.585. The summed E-state index contributed by atoms with van der Waals surface area (Å²) in [6.07, 6.45) is 1.36. The zero-order chi connectivity index (χ0) is 17.7. The van der Waals surface area contributed by atoms with Gasteiger partial charge in [0.05, 0.1) is 12.1 Å². The molecule has 0 spiro atoms. The number of benzene rings is 2. The summed E-state index contributed by atoms with van der Waals surface area (Å²) in [5.41, 5.74) is 0.768. The minimum atomic E-state index is -0.585. The Bertz CT molecular complexity index is 857. The molecule has 0 aliphatic carbocycles. The van der Waals surface area contributed by atoms with Crippen molar-refractivity contribution in [2.45, 2.75) is 0 Å². The summed E-state index contributed by atoms with van der Waals surface area (Å²) in [5.74, 6) is -0.262. The van der Waals surface area contributed by atoms with E-state index in [0.29, 0.717) is 27.0 Å². The van der Waals surface area contributed by atoms with Crippen molar-refractivity contribution in [2.24, 2.45) is 0 Å². The molecule has 2 rings (SSSR count). The van der Waals surface area contributed by atoms with Crippen LogP contribution in [0.15, 0.2) is 42.0 Å². The third-order valence-electron chi connectivity index (χ3n) is 2.99. The zero-order valence-electron chi connectivity index (χ0n) is 12.4. The molecule has 24 heavy (non-hydrogen) atoms. The van der Waals surface area contributed by atoms with Gasteiger partial charge in [-0.25, -0.2) is 0 Å². The van der Waals surface area contributed by atoms with Gasteiger partial charge in [-0.05, 0) is 36.4 Å². The fourth-order valence-corrected chi connectivity index (χ4v) is 2.75. The van der Waals surface area contributed by atoms with Crippen LogP contribution in [0.25, 0.3) is 6.08 Å². The smallest absolute Gasteiger partial charge is 0.266 e. The number of nitrogens with zero attached hydrogens (tertiary/aromatic N) is 1. The summed E-state index contributed by atoms with van der Waals surface area (Å²) in [7, 11) is 1.44. The Morgan fingerprint density at radius 1 is 1.21 bits per heavy atom. The molecule has 0 fully saturated rings. The molecule has 2 aromatic rings. The summed E-state index contributed by atoms with van der Waals surface area (Å²) < 4.78 is 5.20. The molecule has 0 radical (unpaired) electrons. The van der Waals surface area contributed by atoms with Gasteiger partial charge >= 0.3 is 0 Å². The first kappa shape index (κ1) is 18.2. The number of hydrogen-bond acceptors (Lipinski definition) is 3. The van der Waals surface area contributed by atoms with E-state index in [2.05, 4.69) is 5.32 Å². The Hall–Kier alpha value is -2.19.